The van der Waals surface area contributed by atoms with E-state index in [1.165, 1.54) is 27.8 Å². The Morgan fingerprint density at radius 1 is 1.14 bits per heavy atom. The molecule has 5 heterocycles. The molecule has 7 atom stereocenters. The van der Waals surface area contributed by atoms with Gasteiger partial charge in [0.25, 0.3) is 11.8 Å². The highest BCUT2D eigenvalue weighted by Crippen LogP contribution is 2.47. The normalized spacial score (nSPS) is 37.6. The van der Waals surface area contributed by atoms with Gasteiger partial charge in [-0.05, 0) is 69.2 Å². The van der Waals surface area contributed by atoms with Gasteiger partial charge in [-0.15, -0.1) is 0 Å². The van der Waals surface area contributed by atoms with Crippen LogP contribution in [0.25, 0.3) is 10.9 Å². The van der Waals surface area contributed by atoms with Crippen LogP contribution >= 0.6 is 0 Å². The van der Waals surface area contributed by atoms with Gasteiger partial charge in [-0.1, -0.05) is 44.2 Å². The lowest BCUT2D eigenvalue weighted by Crippen LogP contribution is -2.59. The highest BCUT2D eigenvalue weighted by atomic mass is 16.7. The van der Waals surface area contributed by atoms with Crippen molar-refractivity contribution in [1.29, 1.82) is 0 Å². The summed E-state index contributed by atoms with van der Waals surface area (Å²) in [5, 5.41) is 16.6. The summed E-state index contributed by atoms with van der Waals surface area (Å²) in [7, 11) is 2.09. The molecule has 1 aromatic carbocycles. The first-order valence-electron chi connectivity index (χ1n) is 16.8. The Hall–Kier alpha value is -2.95. The molecule has 0 spiro atoms. The Kier molecular flexibility index (Phi) is 6.67. The van der Waals surface area contributed by atoms with Gasteiger partial charge in [0.05, 0.1) is 5.92 Å². The average molecular weight is 604 g/mol. The van der Waals surface area contributed by atoms with E-state index in [0.29, 0.717) is 44.3 Å². The second-order valence-electron chi connectivity index (χ2n) is 14.6. The Balaban J connectivity index is 1.06. The van der Waals surface area contributed by atoms with Crippen molar-refractivity contribution in [2.45, 2.75) is 113 Å². The number of aromatic amines is 1. The molecule has 0 radical (unpaired) electrons. The zero-order valence-electron chi connectivity index (χ0n) is 25.9. The maximum atomic E-state index is 14.4. The first kappa shape index (κ1) is 28.5. The van der Waals surface area contributed by atoms with Crippen molar-refractivity contribution in [2.75, 3.05) is 20.1 Å². The average Bonchev–Trinajstić information content (AvgIpc) is 3.70. The molecule has 236 valence electrons. The third kappa shape index (κ3) is 4.27. The summed E-state index contributed by atoms with van der Waals surface area (Å²) in [4.78, 5) is 50.7. The SMILES string of the molecule is CN1C[C@H](C(=O)N[C@@]2(C)O[C@@]3(O)[C@@H]4CCCN4C(=O)C[C@H](CC4CCCCC4)N3C2=O)CC2c3cccc4[nH]cc(c34)C[C@H]21. The number of hydrogen-bond donors (Lipinski definition) is 3. The van der Waals surface area contributed by atoms with E-state index in [2.05, 4.69) is 46.6 Å². The fourth-order valence-electron chi connectivity index (χ4n) is 9.84. The minimum Gasteiger partial charge on any atom is -0.361 e. The summed E-state index contributed by atoms with van der Waals surface area (Å²) in [6, 6.07) is 5.56. The van der Waals surface area contributed by atoms with Gasteiger partial charge in [-0.3, -0.25) is 24.0 Å². The Morgan fingerprint density at radius 2 is 1.95 bits per heavy atom. The van der Waals surface area contributed by atoms with Crippen molar-refractivity contribution in [2.24, 2.45) is 11.8 Å². The summed E-state index contributed by atoms with van der Waals surface area (Å²) in [6.45, 7) is 2.71. The zero-order valence-corrected chi connectivity index (χ0v) is 25.9. The molecule has 1 aromatic heterocycles. The Labute approximate surface area is 258 Å². The van der Waals surface area contributed by atoms with Gasteiger partial charge < -0.3 is 25.2 Å². The number of amides is 3. The van der Waals surface area contributed by atoms with Gasteiger partial charge in [0.15, 0.2) is 0 Å². The van der Waals surface area contributed by atoms with E-state index < -0.39 is 29.6 Å². The first-order valence-corrected chi connectivity index (χ1v) is 16.8. The largest absolute Gasteiger partial charge is 0.361 e. The number of H-pyrrole nitrogens is 1. The van der Waals surface area contributed by atoms with Crippen LogP contribution in [0.2, 0.25) is 0 Å². The predicted octanol–water partition coefficient (Wildman–Crippen LogP) is 3.20. The summed E-state index contributed by atoms with van der Waals surface area (Å²) in [6.07, 6.45) is 11.5. The van der Waals surface area contributed by atoms with Gasteiger partial charge in [-0.2, -0.15) is 0 Å². The lowest BCUT2D eigenvalue weighted by molar-refractivity contribution is -0.301. The smallest absolute Gasteiger partial charge is 0.280 e. The molecule has 1 saturated carbocycles. The third-order valence-electron chi connectivity index (χ3n) is 11.9. The summed E-state index contributed by atoms with van der Waals surface area (Å²) >= 11 is 0. The number of nitrogens with one attached hydrogen (secondary N) is 2. The van der Waals surface area contributed by atoms with Crippen molar-refractivity contribution < 1.29 is 24.2 Å². The molecule has 44 heavy (non-hydrogen) atoms. The van der Waals surface area contributed by atoms with Gasteiger partial charge in [0.2, 0.25) is 17.5 Å². The quantitative estimate of drug-likeness (QED) is 0.494. The fraction of sp³-hybridized carbons (Fsp3) is 0.676. The number of ether oxygens (including phenoxy) is 1. The third-order valence-corrected chi connectivity index (χ3v) is 11.9. The molecular weight excluding hydrogens is 558 g/mol. The number of rotatable bonds is 4. The highest BCUT2D eigenvalue weighted by molar-refractivity contribution is 5.94. The number of hydrogen-bond acceptors (Lipinski definition) is 6. The summed E-state index contributed by atoms with van der Waals surface area (Å²) < 4.78 is 6.38. The number of likely N-dealkylation sites (tertiary alicyclic amines) is 1. The Morgan fingerprint density at radius 3 is 2.77 bits per heavy atom. The van der Waals surface area contributed by atoms with Crippen molar-refractivity contribution >= 4 is 28.6 Å². The van der Waals surface area contributed by atoms with Crippen molar-refractivity contribution in [3.63, 3.8) is 0 Å². The summed E-state index contributed by atoms with van der Waals surface area (Å²) in [5.41, 5.74) is 2.01. The minimum atomic E-state index is -1.97. The molecule has 2 aliphatic carbocycles. The fourth-order valence-corrected chi connectivity index (χ4v) is 9.84. The van der Waals surface area contributed by atoms with Crippen LogP contribution in [0.15, 0.2) is 24.4 Å². The number of piperidine rings is 1. The van der Waals surface area contributed by atoms with E-state index in [-0.39, 0.29) is 30.1 Å². The lowest BCUT2D eigenvalue weighted by Gasteiger charge is -2.45. The molecule has 10 heteroatoms. The predicted molar refractivity (Wildman–Crippen MR) is 163 cm³/mol. The van der Waals surface area contributed by atoms with E-state index >= 15 is 0 Å². The molecule has 6 aliphatic rings. The second-order valence-corrected chi connectivity index (χ2v) is 14.6. The van der Waals surface area contributed by atoms with E-state index in [1.807, 2.05) is 0 Å². The Bertz CT molecular complexity index is 1500. The molecule has 0 bridgehead atoms. The number of fused-ring (bicyclic) bond motifs is 5. The van der Waals surface area contributed by atoms with Gasteiger partial charge >= 0.3 is 0 Å². The molecule has 8 rings (SSSR count). The first-order chi connectivity index (χ1) is 21.2. The van der Waals surface area contributed by atoms with Gasteiger partial charge in [-0.25, -0.2) is 0 Å². The van der Waals surface area contributed by atoms with Crippen LogP contribution in [-0.2, 0) is 25.5 Å². The standard InChI is InChI=1S/C34H45N5O5/c1-33(36-31(41)22-15-25-24-10-6-11-26-30(24)21(18-35-26)16-27(25)37(2)19-22)32(42)39-23(14-20-8-4-3-5-9-20)17-29(40)38-13-7-12-28(38)34(39,43)44-33/h6,10-11,18,20,22-23,25,27-28,35,43H,3-5,7-9,12-17,19H2,1-2H3,(H,36,41)/t22-,23+,25?,27-,28+,33+,34+/m1/s1. The van der Waals surface area contributed by atoms with Crippen LogP contribution in [-0.4, -0.2) is 92.4 Å². The number of benzene rings is 1. The highest BCUT2D eigenvalue weighted by Gasteiger charge is 2.67. The second kappa shape index (κ2) is 10.3. The molecular formula is C34H45N5O5. The zero-order chi connectivity index (χ0) is 30.4. The number of carbonyl (C=O) groups is 3. The monoisotopic (exact) mass is 603 g/mol. The van der Waals surface area contributed by atoms with Crippen LogP contribution in [0.1, 0.15) is 88.2 Å². The van der Waals surface area contributed by atoms with Gasteiger partial charge in [0.1, 0.15) is 6.04 Å². The molecule has 3 amide bonds. The number of aliphatic hydroxyl groups is 1. The number of carbonyl (C=O) groups excluding carboxylic acids is 3. The van der Waals surface area contributed by atoms with Crippen molar-refractivity contribution in [3.05, 3.63) is 35.5 Å². The summed E-state index contributed by atoms with van der Waals surface area (Å²) in [5.74, 6) is -2.42. The van der Waals surface area contributed by atoms with E-state index in [9.17, 15) is 19.5 Å². The van der Waals surface area contributed by atoms with Crippen LogP contribution in [0.4, 0.5) is 0 Å². The molecule has 1 unspecified atom stereocenters. The van der Waals surface area contributed by atoms with Crippen molar-refractivity contribution in [1.82, 2.24) is 25.0 Å². The van der Waals surface area contributed by atoms with E-state index in [0.717, 1.165) is 44.0 Å². The molecule has 3 N–H and O–H groups in total. The number of likely N-dealkylation sites (N-methyl/N-ethyl adjacent to an activating group) is 1. The maximum Gasteiger partial charge on any atom is 0.280 e. The van der Waals surface area contributed by atoms with Crippen molar-refractivity contribution in [3.8, 4) is 0 Å². The van der Waals surface area contributed by atoms with Gasteiger partial charge in [0, 0.05) is 54.6 Å². The molecule has 10 nitrogen and oxygen atoms in total. The van der Waals surface area contributed by atoms with E-state index in [4.69, 9.17) is 4.74 Å². The van der Waals surface area contributed by atoms with Crippen LogP contribution in [0.3, 0.4) is 0 Å². The van der Waals surface area contributed by atoms with Crippen LogP contribution in [0, 0.1) is 11.8 Å². The number of aromatic nitrogens is 1. The molecule has 5 fully saturated rings. The molecule has 2 aromatic rings. The topological polar surface area (TPSA) is 118 Å². The molecule has 4 aliphatic heterocycles. The lowest BCUT2D eigenvalue weighted by atomic mass is 9.72. The van der Waals surface area contributed by atoms with Crippen LogP contribution < -0.4 is 5.32 Å². The minimum absolute atomic E-state index is 0.0221. The van der Waals surface area contributed by atoms with Crippen LogP contribution in [0.5, 0.6) is 0 Å². The van der Waals surface area contributed by atoms with E-state index in [1.54, 1.807) is 11.8 Å². The molecule has 4 saturated heterocycles. The maximum absolute atomic E-state index is 14.4. The number of nitrogens with zero attached hydrogens (tertiary/aromatic N) is 3.